The molecule has 0 bridgehead atoms. The number of aliphatic carboxylic acids is 1. The second kappa shape index (κ2) is 6.40. The molecule has 0 fully saturated rings. The first-order valence-electron chi connectivity index (χ1n) is 4.80. The summed E-state index contributed by atoms with van der Waals surface area (Å²) in [6.07, 6.45) is 0.945. The Labute approximate surface area is 89.4 Å². The smallest absolute Gasteiger partial charge is 0.303 e. The maximum absolute atomic E-state index is 10.5. The van der Waals surface area contributed by atoms with Gasteiger partial charge in [0.05, 0.1) is 12.2 Å². The van der Waals surface area contributed by atoms with Crippen molar-refractivity contribution < 1.29 is 24.2 Å². The Hall–Kier alpha value is -1.10. The topological polar surface area (TPSA) is 72.8 Å². The lowest BCUT2D eigenvalue weighted by Gasteiger charge is -2.27. The van der Waals surface area contributed by atoms with Crippen LogP contribution in [0.15, 0.2) is 0 Å². The van der Waals surface area contributed by atoms with Crippen molar-refractivity contribution in [2.75, 3.05) is 13.7 Å². The Morgan fingerprint density at radius 2 is 1.93 bits per heavy atom. The summed E-state index contributed by atoms with van der Waals surface area (Å²) in [6, 6.07) is 0. The zero-order chi connectivity index (χ0) is 11.9. The highest BCUT2D eigenvalue weighted by Crippen LogP contribution is 2.21. The van der Waals surface area contributed by atoms with Crippen molar-refractivity contribution in [3.8, 4) is 0 Å². The van der Waals surface area contributed by atoms with Crippen LogP contribution in [0.1, 0.15) is 33.1 Å². The summed E-state index contributed by atoms with van der Waals surface area (Å²) in [4.78, 5) is 20.9. The zero-order valence-electron chi connectivity index (χ0n) is 9.41. The van der Waals surface area contributed by atoms with Gasteiger partial charge in [-0.2, -0.15) is 0 Å². The third-order valence-corrected chi connectivity index (χ3v) is 2.30. The first-order valence-corrected chi connectivity index (χ1v) is 4.80. The summed E-state index contributed by atoms with van der Waals surface area (Å²) in [5.74, 6) is -1.20. The number of hydrogen-bond acceptors (Lipinski definition) is 4. The molecule has 1 N–H and O–H groups in total. The number of hydrogen-bond donors (Lipinski definition) is 1. The van der Waals surface area contributed by atoms with Crippen molar-refractivity contribution in [1.29, 1.82) is 0 Å². The maximum Gasteiger partial charge on any atom is 0.303 e. The van der Waals surface area contributed by atoms with E-state index >= 15 is 0 Å². The monoisotopic (exact) mass is 218 g/mol. The van der Waals surface area contributed by atoms with E-state index in [1.165, 1.54) is 14.0 Å². The van der Waals surface area contributed by atoms with Crippen molar-refractivity contribution in [1.82, 2.24) is 0 Å². The molecule has 1 unspecified atom stereocenters. The third kappa shape index (κ3) is 6.90. The molecule has 0 saturated carbocycles. The van der Waals surface area contributed by atoms with Crippen LogP contribution in [0.5, 0.6) is 0 Å². The van der Waals surface area contributed by atoms with E-state index < -0.39 is 11.6 Å². The van der Waals surface area contributed by atoms with Crippen LogP contribution in [-0.4, -0.2) is 36.4 Å². The minimum Gasteiger partial charge on any atom is -0.481 e. The van der Waals surface area contributed by atoms with Crippen molar-refractivity contribution in [3.63, 3.8) is 0 Å². The zero-order valence-corrected chi connectivity index (χ0v) is 9.41. The minimum absolute atomic E-state index is 0.0460. The quantitative estimate of drug-likeness (QED) is 0.650. The maximum atomic E-state index is 10.5. The largest absolute Gasteiger partial charge is 0.481 e. The fourth-order valence-electron chi connectivity index (χ4n) is 1.11. The van der Waals surface area contributed by atoms with E-state index in [9.17, 15) is 9.59 Å². The van der Waals surface area contributed by atoms with Crippen LogP contribution in [0.4, 0.5) is 0 Å². The van der Waals surface area contributed by atoms with Gasteiger partial charge in [-0.05, 0) is 13.3 Å². The van der Waals surface area contributed by atoms with Crippen molar-refractivity contribution in [2.45, 2.75) is 38.7 Å². The van der Waals surface area contributed by atoms with Gasteiger partial charge in [-0.3, -0.25) is 9.59 Å². The van der Waals surface area contributed by atoms with Crippen LogP contribution >= 0.6 is 0 Å². The van der Waals surface area contributed by atoms with E-state index in [0.717, 1.165) is 0 Å². The molecular formula is C10H18O5. The van der Waals surface area contributed by atoms with E-state index in [2.05, 4.69) is 0 Å². The molecule has 0 aromatic heterocycles. The molecule has 5 nitrogen and oxygen atoms in total. The first-order chi connectivity index (χ1) is 6.89. The Bertz CT molecular complexity index is 226. The van der Waals surface area contributed by atoms with Crippen molar-refractivity contribution in [3.05, 3.63) is 0 Å². The average molecular weight is 218 g/mol. The number of carbonyl (C=O) groups excluding carboxylic acids is 1. The molecule has 88 valence electrons. The summed E-state index contributed by atoms with van der Waals surface area (Å²) < 4.78 is 10.00. The Kier molecular flexibility index (Phi) is 5.93. The molecule has 0 aliphatic heterocycles. The van der Waals surface area contributed by atoms with Gasteiger partial charge in [0.2, 0.25) is 0 Å². The minimum atomic E-state index is -0.856. The number of ether oxygens (including phenoxy) is 2. The second-order valence-corrected chi connectivity index (χ2v) is 3.64. The molecule has 0 aliphatic rings. The molecule has 0 saturated heterocycles. The number of esters is 1. The molecule has 1 atom stereocenters. The van der Waals surface area contributed by atoms with Crippen molar-refractivity contribution >= 4 is 11.9 Å². The molecule has 15 heavy (non-hydrogen) atoms. The summed E-state index contributed by atoms with van der Waals surface area (Å²) in [6.45, 7) is 3.39. The van der Waals surface area contributed by atoms with Gasteiger partial charge in [-0.25, -0.2) is 0 Å². The standard InChI is InChI=1S/C10H18O5/c1-8(11)15-7-6-10(2,14-3)5-4-9(12)13/h4-7H2,1-3H3,(H,12,13). The van der Waals surface area contributed by atoms with Crippen LogP contribution in [0, 0.1) is 0 Å². The van der Waals surface area contributed by atoms with Gasteiger partial charge in [-0.1, -0.05) is 0 Å². The molecule has 0 radical (unpaired) electrons. The molecule has 5 heteroatoms. The number of carboxylic acids is 1. The van der Waals surface area contributed by atoms with Gasteiger partial charge in [0.25, 0.3) is 0 Å². The number of methoxy groups -OCH3 is 1. The summed E-state index contributed by atoms with van der Waals surface area (Å²) in [7, 11) is 1.52. The molecule has 0 heterocycles. The molecule has 0 rings (SSSR count). The molecule has 0 aromatic rings. The van der Waals surface area contributed by atoms with E-state index in [4.69, 9.17) is 14.6 Å². The normalized spacial score (nSPS) is 14.3. The second-order valence-electron chi connectivity index (χ2n) is 3.64. The summed E-state index contributed by atoms with van der Waals surface area (Å²) in [5, 5.41) is 8.55. The first kappa shape index (κ1) is 13.9. The van der Waals surface area contributed by atoms with E-state index in [0.29, 0.717) is 12.8 Å². The van der Waals surface area contributed by atoms with Gasteiger partial charge in [-0.15, -0.1) is 0 Å². The lowest BCUT2D eigenvalue weighted by Crippen LogP contribution is -2.30. The Balaban J connectivity index is 3.95. The molecule has 0 aromatic carbocycles. The van der Waals surface area contributed by atoms with Gasteiger partial charge < -0.3 is 14.6 Å². The lowest BCUT2D eigenvalue weighted by atomic mass is 9.96. The highest BCUT2D eigenvalue weighted by atomic mass is 16.5. The summed E-state index contributed by atoms with van der Waals surface area (Å²) in [5.41, 5.74) is -0.548. The van der Waals surface area contributed by atoms with E-state index in [1.807, 2.05) is 0 Å². The molecule has 0 aliphatic carbocycles. The van der Waals surface area contributed by atoms with E-state index in [-0.39, 0.29) is 19.0 Å². The molecular weight excluding hydrogens is 200 g/mol. The highest BCUT2D eigenvalue weighted by Gasteiger charge is 2.24. The number of carbonyl (C=O) groups is 2. The molecule has 0 spiro atoms. The Morgan fingerprint density at radius 1 is 1.33 bits per heavy atom. The van der Waals surface area contributed by atoms with Gasteiger partial charge in [0, 0.05) is 26.9 Å². The van der Waals surface area contributed by atoms with Crippen LogP contribution in [-0.2, 0) is 19.1 Å². The highest BCUT2D eigenvalue weighted by molar-refractivity contribution is 5.66. The predicted octanol–water partition coefficient (Wildman–Crippen LogP) is 1.21. The van der Waals surface area contributed by atoms with Gasteiger partial charge >= 0.3 is 11.9 Å². The average Bonchev–Trinajstić information content (AvgIpc) is 2.14. The van der Waals surface area contributed by atoms with Gasteiger partial charge in [0.1, 0.15) is 0 Å². The number of carboxylic acid groups (broad SMARTS) is 1. The van der Waals surface area contributed by atoms with Crippen LogP contribution < -0.4 is 0 Å². The summed E-state index contributed by atoms with van der Waals surface area (Å²) >= 11 is 0. The number of rotatable bonds is 7. The van der Waals surface area contributed by atoms with Gasteiger partial charge in [0.15, 0.2) is 0 Å². The SMILES string of the molecule is COC(C)(CCOC(C)=O)CCC(=O)O. The lowest BCUT2D eigenvalue weighted by molar-refractivity contribution is -0.144. The van der Waals surface area contributed by atoms with Crippen LogP contribution in [0.25, 0.3) is 0 Å². The van der Waals surface area contributed by atoms with E-state index in [1.54, 1.807) is 6.92 Å². The fourth-order valence-corrected chi connectivity index (χ4v) is 1.11. The fraction of sp³-hybridized carbons (Fsp3) is 0.800. The predicted molar refractivity (Wildman–Crippen MR) is 53.5 cm³/mol. The van der Waals surface area contributed by atoms with Crippen LogP contribution in [0.3, 0.4) is 0 Å². The Morgan fingerprint density at radius 3 is 2.33 bits per heavy atom. The van der Waals surface area contributed by atoms with Crippen molar-refractivity contribution in [2.24, 2.45) is 0 Å². The third-order valence-electron chi connectivity index (χ3n) is 2.30. The molecule has 0 amide bonds. The van der Waals surface area contributed by atoms with Crippen LogP contribution in [0.2, 0.25) is 0 Å².